The summed E-state index contributed by atoms with van der Waals surface area (Å²) < 4.78 is 0. The van der Waals surface area contributed by atoms with Crippen LogP contribution in [-0.4, -0.2) is 18.2 Å². The molecule has 1 amide bonds. The van der Waals surface area contributed by atoms with E-state index < -0.39 is 6.04 Å². The molecule has 0 aliphatic rings. The highest BCUT2D eigenvalue weighted by atomic mass is 35.5. The number of hydrazone groups is 1. The van der Waals surface area contributed by atoms with Crippen LogP contribution in [-0.2, 0) is 4.79 Å². The maximum absolute atomic E-state index is 12.1. The quantitative estimate of drug-likeness (QED) is 0.492. The fourth-order valence-corrected chi connectivity index (χ4v) is 2.66. The van der Waals surface area contributed by atoms with E-state index in [9.17, 15) is 4.79 Å². The number of amides is 1. The van der Waals surface area contributed by atoms with Crippen LogP contribution in [0, 0.1) is 0 Å². The second-order valence-electron chi connectivity index (χ2n) is 6.82. The van der Waals surface area contributed by atoms with Crippen molar-refractivity contribution in [2.75, 3.05) is 5.32 Å². The molecule has 2 rings (SSSR count). The Labute approximate surface area is 166 Å². The van der Waals surface area contributed by atoms with E-state index in [0.29, 0.717) is 10.9 Å². The Morgan fingerprint density at radius 3 is 2.44 bits per heavy atom. The molecule has 0 fully saturated rings. The summed E-state index contributed by atoms with van der Waals surface area (Å²) in [4.78, 5) is 12.1. The molecule has 0 aliphatic carbocycles. The zero-order valence-corrected chi connectivity index (χ0v) is 16.9. The lowest BCUT2D eigenvalue weighted by Gasteiger charge is -2.13. The van der Waals surface area contributed by atoms with Crippen LogP contribution in [0.1, 0.15) is 44.7 Å². The van der Waals surface area contributed by atoms with E-state index >= 15 is 0 Å². The topological polar surface area (TPSA) is 53.5 Å². The summed E-state index contributed by atoms with van der Waals surface area (Å²) in [6.07, 6.45) is 3.66. The predicted octanol–water partition coefficient (Wildman–Crippen LogP) is 5.47. The fraction of sp³-hybridized carbons (Fsp3) is 0.273. The first-order chi connectivity index (χ1) is 12.8. The van der Waals surface area contributed by atoms with Gasteiger partial charge in [0, 0.05) is 10.7 Å². The van der Waals surface area contributed by atoms with Crippen molar-refractivity contribution in [3.05, 3.63) is 70.3 Å². The first kappa shape index (κ1) is 20.7. The molecule has 4 nitrogen and oxygen atoms in total. The van der Waals surface area contributed by atoms with Gasteiger partial charge >= 0.3 is 0 Å². The Balaban J connectivity index is 1.88. The molecule has 2 aromatic rings. The molecular weight excluding hydrogens is 358 g/mol. The molecule has 0 aromatic heterocycles. The van der Waals surface area contributed by atoms with Crippen molar-refractivity contribution in [1.82, 2.24) is 5.43 Å². The minimum absolute atomic E-state index is 0.222. The van der Waals surface area contributed by atoms with E-state index in [0.717, 1.165) is 16.8 Å². The van der Waals surface area contributed by atoms with Gasteiger partial charge in [-0.25, -0.2) is 5.43 Å². The Hall–Kier alpha value is -2.59. The molecule has 5 heteroatoms. The Morgan fingerprint density at radius 1 is 1.11 bits per heavy atom. The summed E-state index contributed by atoms with van der Waals surface area (Å²) in [7, 11) is 0. The number of carbonyl (C=O) groups is 1. The van der Waals surface area contributed by atoms with Crippen LogP contribution in [0.15, 0.2) is 59.2 Å². The van der Waals surface area contributed by atoms with Crippen molar-refractivity contribution in [3.8, 4) is 0 Å². The average molecular weight is 384 g/mol. The third-order valence-corrected chi connectivity index (χ3v) is 4.28. The van der Waals surface area contributed by atoms with Gasteiger partial charge in [-0.1, -0.05) is 61.9 Å². The number of anilines is 1. The minimum Gasteiger partial charge on any atom is -0.374 e. The van der Waals surface area contributed by atoms with Crippen LogP contribution in [0.2, 0.25) is 5.02 Å². The van der Waals surface area contributed by atoms with Crippen molar-refractivity contribution < 1.29 is 4.79 Å². The van der Waals surface area contributed by atoms with Gasteiger partial charge in [0.25, 0.3) is 5.91 Å². The lowest BCUT2D eigenvalue weighted by atomic mass is 10.0. The standard InChI is InChI=1S/C22H26ClN3O/c1-15(2)19-10-8-18(9-11-19)12-16(3)14-24-26-22(27)17(4)25-21-7-5-6-20(23)13-21/h5-15,17,25H,1-4H3,(H,26,27)/b16-12+,24-14-/t17-/m0/s1. The molecule has 1 atom stereocenters. The number of halogens is 1. The molecule has 0 saturated heterocycles. The second-order valence-corrected chi connectivity index (χ2v) is 7.26. The summed E-state index contributed by atoms with van der Waals surface area (Å²) in [5.74, 6) is 0.295. The van der Waals surface area contributed by atoms with Crippen molar-refractivity contribution in [2.24, 2.45) is 5.10 Å². The van der Waals surface area contributed by atoms with E-state index in [2.05, 4.69) is 54.0 Å². The maximum atomic E-state index is 12.1. The molecule has 0 spiro atoms. The normalized spacial score (nSPS) is 13.0. The van der Waals surface area contributed by atoms with Crippen LogP contribution < -0.4 is 10.7 Å². The Morgan fingerprint density at radius 2 is 1.81 bits per heavy atom. The molecule has 0 saturated carbocycles. The fourth-order valence-electron chi connectivity index (χ4n) is 2.47. The predicted molar refractivity (Wildman–Crippen MR) is 115 cm³/mol. The third-order valence-electron chi connectivity index (χ3n) is 4.04. The molecule has 2 aromatic carbocycles. The Bertz CT molecular complexity index is 826. The first-order valence-electron chi connectivity index (χ1n) is 8.98. The molecule has 2 N–H and O–H groups in total. The van der Waals surface area contributed by atoms with Gasteiger partial charge in [0.15, 0.2) is 0 Å². The summed E-state index contributed by atoms with van der Waals surface area (Å²) in [5, 5.41) is 7.74. The van der Waals surface area contributed by atoms with Crippen LogP contribution in [0.25, 0.3) is 6.08 Å². The van der Waals surface area contributed by atoms with Crippen molar-refractivity contribution >= 4 is 35.5 Å². The van der Waals surface area contributed by atoms with Gasteiger partial charge in [0.2, 0.25) is 0 Å². The largest absolute Gasteiger partial charge is 0.374 e. The maximum Gasteiger partial charge on any atom is 0.262 e. The number of benzene rings is 2. The van der Waals surface area contributed by atoms with E-state index in [4.69, 9.17) is 11.6 Å². The zero-order chi connectivity index (χ0) is 19.8. The van der Waals surface area contributed by atoms with E-state index in [-0.39, 0.29) is 5.91 Å². The summed E-state index contributed by atoms with van der Waals surface area (Å²) in [6.45, 7) is 8.06. The van der Waals surface area contributed by atoms with Crippen molar-refractivity contribution in [3.63, 3.8) is 0 Å². The summed E-state index contributed by atoms with van der Waals surface area (Å²) in [5.41, 5.74) is 6.70. The molecule has 142 valence electrons. The lowest BCUT2D eigenvalue weighted by Crippen LogP contribution is -2.34. The number of hydrogen-bond acceptors (Lipinski definition) is 3. The highest BCUT2D eigenvalue weighted by Gasteiger charge is 2.11. The Kier molecular flexibility index (Phi) is 7.62. The molecule has 27 heavy (non-hydrogen) atoms. The molecular formula is C22H26ClN3O. The molecule has 0 bridgehead atoms. The average Bonchev–Trinajstić information content (AvgIpc) is 2.62. The van der Waals surface area contributed by atoms with Gasteiger partial charge in [0.1, 0.15) is 6.04 Å². The van der Waals surface area contributed by atoms with Gasteiger partial charge in [0.05, 0.1) is 6.21 Å². The van der Waals surface area contributed by atoms with Gasteiger partial charge in [-0.05, 0) is 54.7 Å². The van der Waals surface area contributed by atoms with Crippen molar-refractivity contribution in [1.29, 1.82) is 0 Å². The van der Waals surface area contributed by atoms with Crippen LogP contribution >= 0.6 is 11.6 Å². The van der Waals surface area contributed by atoms with Crippen molar-refractivity contribution in [2.45, 2.75) is 39.7 Å². The number of carbonyl (C=O) groups excluding carboxylic acids is 1. The van der Waals surface area contributed by atoms with Crippen LogP contribution in [0.4, 0.5) is 5.69 Å². The van der Waals surface area contributed by atoms with Crippen LogP contribution in [0.5, 0.6) is 0 Å². The number of allylic oxidation sites excluding steroid dienone is 1. The summed E-state index contributed by atoms with van der Waals surface area (Å²) >= 11 is 5.95. The van der Waals surface area contributed by atoms with Gasteiger partial charge in [-0.15, -0.1) is 0 Å². The van der Waals surface area contributed by atoms with E-state index in [1.807, 2.05) is 25.1 Å². The van der Waals surface area contributed by atoms with E-state index in [1.165, 1.54) is 5.56 Å². The molecule has 0 heterocycles. The number of rotatable bonds is 7. The smallest absolute Gasteiger partial charge is 0.262 e. The molecule has 0 unspecified atom stereocenters. The number of nitrogens with one attached hydrogen (secondary N) is 2. The zero-order valence-electron chi connectivity index (χ0n) is 16.2. The SMILES string of the molecule is CC(/C=N\NC(=O)[C@H](C)Nc1cccc(Cl)c1)=C\c1ccc(C(C)C)cc1. The summed E-state index contributed by atoms with van der Waals surface area (Å²) in [6, 6.07) is 15.2. The third kappa shape index (κ3) is 6.91. The highest BCUT2D eigenvalue weighted by Crippen LogP contribution is 2.16. The first-order valence-corrected chi connectivity index (χ1v) is 9.36. The highest BCUT2D eigenvalue weighted by molar-refractivity contribution is 6.30. The van der Waals surface area contributed by atoms with Gasteiger partial charge in [-0.3, -0.25) is 4.79 Å². The lowest BCUT2D eigenvalue weighted by molar-refractivity contribution is -0.121. The second kappa shape index (κ2) is 9.93. The molecule has 0 aliphatic heterocycles. The monoisotopic (exact) mass is 383 g/mol. The van der Waals surface area contributed by atoms with E-state index in [1.54, 1.807) is 25.3 Å². The minimum atomic E-state index is -0.437. The van der Waals surface area contributed by atoms with Gasteiger partial charge in [-0.2, -0.15) is 5.10 Å². The number of hydrogen-bond donors (Lipinski definition) is 2. The van der Waals surface area contributed by atoms with Gasteiger partial charge < -0.3 is 5.32 Å². The molecule has 0 radical (unpaired) electrons. The number of nitrogens with zero attached hydrogens (tertiary/aromatic N) is 1. The van der Waals surface area contributed by atoms with Crippen LogP contribution in [0.3, 0.4) is 0 Å².